The van der Waals surface area contributed by atoms with Crippen molar-refractivity contribution in [2.45, 2.75) is 6.04 Å². The number of benzene rings is 1. The van der Waals surface area contributed by atoms with Crippen LogP contribution >= 0.6 is 11.3 Å². The van der Waals surface area contributed by atoms with Crippen molar-refractivity contribution in [2.24, 2.45) is 5.73 Å². The van der Waals surface area contributed by atoms with Gasteiger partial charge < -0.3 is 15.6 Å². The van der Waals surface area contributed by atoms with Crippen LogP contribution in [0.15, 0.2) is 61.1 Å². The molecule has 4 N–H and O–H groups in total. The highest BCUT2D eigenvalue weighted by molar-refractivity contribution is 7.14. The predicted molar refractivity (Wildman–Crippen MR) is 136 cm³/mol. The van der Waals surface area contributed by atoms with E-state index in [9.17, 15) is 4.39 Å². The lowest BCUT2D eigenvalue weighted by Crippen LogP contribution is -2.56. The first kappa shape index (κ1) is 20.2. The van der Waals surface area contributed by atoms with Crippen LogP contribution in [0.3, 0.4) is 0 Å². The highest BCUT2D eigenvalue weighted by Gasteiger charge is 2.24. The molecule has 0 radical (unpaired) electrons. The van der Waals surface area contributed by atoms with Gasteiger partial charge in [-0.3, -0.25) is 10.1 Å². The molecule has 1 saturated heterocycles. The molecule has 172 valence electrons. The van der Waals surface area contributed by atoms with Crippen LogP contribution in [-0.2, 0) is 0 Å². The Kier molecular flexibility index (Phi) is 4.45. The highest BCUT2D eigenvalue weighted by Crippen LogP contribution is 2.36. The number of hydrogen-bond acceptors (Lipinski definition) is 7. The number of fused-ring (bicyclic) bond motifs is 2. The van der Waals surface area contributed by atoms with Gasteiger partial charge in [0.2, 0.25) is 0 Å². The smallest absolute Gasteiger partial charge is 0.176 e. The number of aromatic amines is 2. The van der Waals surface area contributed by atoms with E-state index in [1.54, 1.807) is 24.7 Å². The summed E-state index contributed by atoms with van der Waals surface area (Å²) in [6, 6.07) is 13.5. The number of nitrogens with zero attached hydrogens (tertiary/aromatic N) is 5. The number of pyridine rings is 1. The van der Waals surface area contributed by atoms with E-state index >= 15 is 0 Å². The maximum Gasteiger partial charge on any atom is 0.176 e. The number of hydrogen-bond donors (Lipinski definition) is 3. The van der Waals surface area contributed by atoms with Gasteiger partial charge in [0.25, 0.3) is 0 Å². The minimum absolute atomic E-state index is 0.190. The monoisotopic (exact) mass is 482 g/mol. The van der Waals surface area contributed by atoms with Crippen molar-refractivity contribution in [2.75, 3.05) is 18.0 Å². The molecule has 1 aliphatic rings. The molecule has 6 aromatic rings. The Balaban J connectivity index is 1.31. The zero-order valence-electron chi connectivity index (χ0n) is 18.4. The Morgan fingerprint density at radius 1 is 1.06 bits per heavy atom. The third kappa shape index (κ3) is 3.37. The summed E-state index contributed by atoms with van der Waals surface area (Å²) in [6.07, 6.45) is 5.27. The van der Waals surface area contributed by atoms with Gasteiger partial charge in [-0.1, -0.05) is 6.07 Å². The van der Waals surface area contributed by atoms with Crippen molar-refractivity contribution in [1.29, 1.82) is 0 Å². The summed E-state index contributed by atoms with van der Waals surface area (Å²) in [6.45, 7) is 1.58. The number of thiophene rings is 1. The zero-order chi connectivity index (χ0) is 23.5. The molecule has 35 heavy (non-hydrogen) atoms. The van der Waals surface area contributed by atoms with E-state index in [0.717, 1.165) is 85.3 Å². The van der Waals surface area contributed by atoms with E-state index < -0.39 is 0 Å². The van der Waals surface area contributed by atoms with Crippen molar-refractivity contribution in [3.8, 4) is 33.1 Å². The lowest BCUT2D eigenvalue weighted by atomic mass is 10.1. The Hall–Kier alpha value is -4.15. The molecule has 0 saturated carbocycles. The minimum atomic E-state index is -0.212. The normalized spacial score (nSPS) is 14.2. The molecule has 0 spiro atoms. The van der Waals surface area contributed by atoms with E-state index in [0.29, 0.717) is 0 Å². The first-order chi connectivity index (χ1) is 17.1. The molecule has 0 amide bonds. The van der Waals surface area contributed by atoms with E-state index in [1.165, 1.54) is 6.07 Å². The molecule has 8 nitrogen and oxygen atoms in total. The number of aromatic nitrogens is 6. The standard InChI is InChI=1S/C25H19FN8S/c26-22-4-3-21(35-22)15-5-6-29-25-16(15)8-19(31-25)24-17-7-13(1-2-18(17)32-33-24)20-9-28-10-23(30-20)34-11-14(27)12-34/h1-10,14H,11-12,27H2,(H,29,31)(H,32,33). The van der Waals surface area contributed by atoms with E-state index in [1.807, 2.05) is 24.3 Å². The maximum absolute atomic E-state index is 13.7. The summed E-state index contributed by atoms with van der Waals surface area (Å²) in [5.74, 6) is 0.830. The lowest BCUT2D eigenvalue weighted by Gasteiger charge is -2.37. The van der Waals surface area contributed by atoms with Crippen molar-refractivity contribution >= 4 is 39.1 Å². The van der Waals surface area contributed by atoms with Gasteiger partial charge in [-0.25, -0.2) is 9.97 Å². The molecule has 0 aliphatic carbocycles. The summed E-state index contributed by atoms with van der Waals surface area (Å²) >= 11 is 1.12. The number of nitrogens with two attached hydrogens (primary N) is 1. The van der Waals surface area contributed by atoms with Crippen molar-refractivity contribution in [1.82, 2.24) is 30.1 Å². The van der Waals surface area contributed by atoms with E-state index in [2.05, 4.69) is 36.1 Å². The van der Waals surface area contributed by atoms with Crippen LogP contribution in [0.1, 0.15) is 0 Å². The summed E-state index contributed by atoms with van der Waals surface area (Å²) < 4.78 is 13.7. The number of nitrogens with one attached hydrogen (secondary N) is 2. The topological polar surface area (TPSA) is 112 Å². The average Bonchev–Trinajstić information content (AvgIpc) is 3.59. The largest absolute Gasteiger partial charge is 0.352 e. The van der Waals surface area contributed by atoms with Gasteiger partial charge in [0.15, 0.2) is 5.13 Å². The van der Waals surface area contributed by atoms with Crippen molar-refractivity contribution < 1.29 is 4.39 Å². The van der Waals surface area contributed by atoms with Gasteiger partial charge >= 0.3 is 0 Å². The number of H-pyrrole nitrogens is 2. The molecule has 7 rings (SSSR count). The van der Waals surface area contributed by atoms with Crippen molar-refractivity contribution in [3.63, 3.8) is 0 Å². The van der Waals surface area contributed by atoms with Gasteiger partial charge in [-0.15, -0.1) is 11.3 Å². The maximum atomic E-state index is 13.7. The first-order valence-corrected chi connectivity index (χ1v) is 12.0. The van der Waals surface area contributed by atoms with Crippen LogP contribution in [0.4, 0.5) is 10.2 Å². The fourth-order valence-corrected chi connectivity index (χ4v) is 5.32. The summed E-state index contributed by atoms with van der Waals surface area (Å²) in [7, 11) is 0. The minimum Gasteiger partial charge on any atom is -0.352 e. The molecule has 10 heteroatoms. The molecule has 5 aromatic heterocycles. The average molecular weight is 483 g/mol. The zero-order valence-corrected chi connectivity index (χ0v) is 19.2. The second-order valence-corrected chi connectivity index (χ2v) is 9.70. The number of rotatable bonds is 4. The predicted octanol–water partition coefficient (Wildman–Crippen LogP) is 4.58. The number of anilines is 1. The second kappa shape index (κ2) is 7.69. The van der Waals surface area contributed by atoms with E-state index in [4.69, 9.17) is 10.7 Å². The van der Waals surface area contributed by atoms with Crippen LogP contribution in [-0.4, -0.2) is 49.3 Å². The molecule has 1 aliphatic heterocycles. The molecule has 0 unspecified atom stereocenters. The van der Waals surface area contributed by atoms with Crippen molar-refractivity contribution in [3.05, 3.63) is 66.2 Å². The van der Waals surface area contributed by atoms with Crippen LogP contribution in [0, 0.1) is 5.13 Å². The highest BCUT2D eigenvalue weighted by atomic mass is 32.1. The van der Waals surface area contributed by atoms with Gasteiger partial charge in [0, 0.05) is 52.1 Å². The lowest BCUT2D eigenvalue weighted by molar-refractivity contribution is 0.514. The Morgan fingerprint density at radius 2 is 1.97 bits per heavy atom. The second-order valence-electron chi connectivity index (χ2n) is 8.67. The Bertz CT molecular complexity index is 1710. The third-order valence-electron chi connectivity index (χ3n) is 6.34. The summed E-state index contributed by atoms with van der Waals surface area (Å²) in [5, 5.41) is 9.36. The fourth-order valence-electron chi connectivity index (χ4n) is 4.55. The molecule has 0 bridgehead atoms. The summed E-state index contributed by atoms with van der Waals surface area (Å²) in [4.78, 5) is 20.0. The first-order valence-electron chi connectivity index (χ1n) is 11.2. The van der Waals surface area contributed by atoms with Gasteiger partial charge in [-0.05, 0) is 36.4 Å². The molecular formula is C25H19FN8S. The number of halogens is 1. The third-order valence-corrected chi connectivity index (χ3v) is 7.25. The van der Waals surface area contributed by atoms with Gasteiger partial charge in [0.1, 0.15) is 17.2 Å². The molecule has 1 aromatic carbocycles. The van der Waals surface area contributed by atoms with Gasteiger partial charge in [0.05, 0.1) is 29.3 Å². The Morgan fingerprint density at radius 3 is 2.80 bits per heavy atom. The van der Waals surface area contributed by atoms with Crippen LogP contribution in [0.2, 0.25) is 0 Å². The SMILES string of the molecule is NC1CN(c2cncc(-c3ccc4[nH]nc(-c5cc6c(-c7ccc(F)s7)ccnc6[nH]5)c4c3)n2)C1. The summed E-state index contributed by atoms with van der Waals surface area (Å²) in [5.41, 5.74) is 11.8. The van der Waals surface area contributed by atoms with Crippen LogP contribution in [0.5, 0.6) is 0 Å². The van der Waals surface area contributed by atoms with Gasteiger partial charge in [-0.2, -0.15) is 9.49 Å². The van der Waals surface area contributed by atoms with Crippen LogP contribution < -0.4 is 10.6 Å². The quantitative estimate of drug-likeness (QED) is 0.339. The molecule has 0 atom stereocenters. The fraction of sp³-hybridized carbons (Fsp3) is 0.120. The van der Waals surface area contributed by atoms with Crippen LogP contribution in [0.25, 0.3) is 55.0 Å². The molecule has 1 fully saturated rings. The molecule has 6 heterocycles. The Labute approximate surface area is 202 Å². The molecular weight excluding hydrogens is 463 g/mol. The van der Waals surface area contributed by atoms with E-state index in [-0.39, 0.29) is 11.2 Å².